The van der Waals surface area contributed by atoms with Crippen LogP contribution in [0.2, 0.25) is 0 Å². The molecule has 1 aromatic carbocycles. The fourth-order valence-electron chi connectivity index (χ4n) is 2.23. The molecule has 0 heterocycles. The highest BCUT2D eigenvalue weighted by Gasteiger charge is 2.30. The molecule has 0 saturated carbocycles. The van der Waals surface area contributed by atoms with Crippen molar-refractivity contribution in [2.45, 2.75) is 25.5 Å². The number of rotatable bonds is 4. The van der Waals surface area contributed by atoms with E-state index >= 15 is 0 Å². The molecule has 0 radical (unpaired) electrons. The van der Waals surface area contributed by atoms with Crippen LogP contribution in [0.3, 0.4) is 0 Å². The Kier molecular flexibility index (Phi) is 3.76. The van der Waals surface area contributed by atoms with E-state index in [4.69, 9.17) is 4.74 Å². The molecule has 0 aromatic heterocycles. The highest BCUT2D eigenvalue weighted by Crippen LogP contribution is 2.30. The van der Waals surface area contributed by atoms with Crippen molar-refractivity contribution in [3.8, 4) is 0 Å². The minimum absolute atomic E-state index is 0.129. The summed E-state index contributed by atoms with van der Waals surface area (Å²) >= 11 is 0. The number of nitrogens with one attached hydrogen (secondary N) is 1. The molecule has 0 amide bonds. The van der Waals surface area contributed by atoms with Gasteiger partial charge in [-0.05, 0) is 18.1 Å². The van der Waals surface area contributed by atoms with Crippen molar-refractivity contribution in [2.24, 2.45) is 0 Å². The van der Waals surface area contributed by atoms with Gasteiger partial charge in [0.2, 0.25) is 0 Å². The van der Waals surface area contributed by atoms with Crippen LogP contribution < -0.4 is 5.32 Å². The third-order valence-electron chi connectivity index (χ3n) is 2.98. The van der Waals surface area contributed by atoms with Crippen molar-refractivity contribution >= 4 is 5.97 Å². The second-order valence-electron chi connectivity index (χ2n) is 4.13. The quantitative estimate of drug-likeness (QED) is 0.758. The van der Waals surface area contributed by atoms with Crippen LogP contribution in [-0.2, 0) is 16.0 Å². The normalized spacial score (nSPS) is 22.2. The highest BCUT2D eigenvalue weighted by molar-refractivity contribution is 5.71. The van der Waals surface area contributed by atoms with E-state index in [1.165, 1.54) is 0 Å². The Morgan fingerprint density at radius 3 is 3.06 bits per heavy atom. The van der Waals surface area contributed by atoms with Gasteiger partial charge in [-0.2, -0.15) is 0 Å². The van der Waals surface area contributed by atoms with Gasteiger partial charge >= 0.3 is 5.97 Å². The maximum absolute atomic E-state index is 11.3. The second-order valence-corrected chi connectivity index (χ2v) is 4.13. The van der Waals surface area contributed by atoms with Gasteiger partial charge in [-0.3, -0.25) is 10.1 Å². The summed E-state index contributed by atoms with van der Waals surface area (Å²) in [6.45, 7) is 2.28. The lowest BCUT2D eigenvalue weighted by Gasteiger charge is -2.17. The van der Waals surface area contributed by atoms with Crippen LogP contribution in [0.25, 0.3) is 0 Å². The Bertz CT molecular complexity index is 405. The molecule has 92 valence electrons. The van der Waals surface area contributed by atoms with Gasteiger partial charge in [0.15, 0.2) is 0 Å². The standard InChI is InChI=1S/C13H17NO3/c1-2-17-12(16)8-14-13-10-6-4-3-5-9(10)7-11(13)15/h3-6,11,13-15H,2,7-8H2,1H3/t11-,13-/m0/s1. The van der Waals surface area contributed by atoms with E-state index in [9.17, 15) is 9.90 Å². The fraction of sp³-hybridized carbons (Fsp3) is 0.462. The molecule has 2 atom stereocenters. The predicted octanol–water partition coefficient (Wildman–Crippen LogP) is 0.797. The number of hydrogen-bond acceptors (Lipinski definition) is 4. The van der Waals surface area contributed by atoms with E-state index in [1.807, 2.05) is 24.3 Å². The third-order valence-corrected chi connectivity index (χ3v) is 2.98. The number of ether oxygens (including phenoxy) is 1. The average molecular weight is 235 g/mol. The molecule has 0 fully saturated rings. The average Bonchev–Trinajstić information content (AvgIpc) is 2.62. The van der Waals surface area contributed by atoms with E-state index in [1.54, 1.807) is 6.92 Å². The molecular formula is C13H17NO3. The first-order chi connectivity index (χ1) is 8.22. The molecule has 0 spiro atoms. The minimum Gasteiger partial charge on any atom is -0.465 e. The van der Waals surface area contributed by atoms with Crippen LogP contribution in [0.5, 0.6) is 0 Å². The molecule has 0 bridgehead atoms. The van der Waals surface area contributed by atoms with Crippen LogP contribution in [0.4, 0.5) is 0 Å². The van der Waals surface area contributed by atoms with Crippen molar-refractivity contribution in [1.82, 2.24) is 5.32 Å². The minimum atomic E-state index is -0.471. The van der Waals surface area contributed by atoms with Crippen LogP contribution in [0.15, 0.2) is 24.3 Å². The number of carbonyl (C=O) groups is 1. The monoisotopic (exact) mass is 235 g/mol. The van der Waals surface area contributed by atoms with Crippen molar-refractivity contribution in [2.75, 3.05) is 13.2 Å². The summed E-state index contributed by atoms with van der Waals surface area (Å²) in [7, 11) is 0. The van der Waals surface area contributed by atoms with Crippen molar-refractivity contribution in [1.29, 1.82) is 0 Å². The van der Waals surface area contributed by atoms with Crippen molar-refractivity contribution < 1.29 is 14.6 Å². The van der Waals surface area contributed by atoms with Gasteiger partial charge in [0, 0.05) is 6.42 Å². The molecule has 1 aliphatic carbocycles. The zero-order valence-corrected chi connectivity index (χ0v) is 9.85. The highest BCUT2D eigenvalue weighted by atomic mass is 16.5. The molecule has 17 heavy (non-hydrogen) atoms. The van der Waals surface area contributed by atoms with Gasteiger partial charge in [0.05, 0.1) is 25.3 Å². The zero-order chi connectivity index (χ0) is 12.3. The van der Waals surface area contributed by atoms with Gasteiger partial charge in [-0.15, -0.1) is 0 Å². The topological polar surface area (TPSA) is 58.6 Å². The Labute approximate surface area is 101 Å². The summed E-state index contributed by atoms with van der Waals surface area (Å²) in [5.74, 6) is -0.288. The maximum atomic E-state index is 11.3. The first-order valence-electron chi connectivity index (χ1n) is 5.87. The van der Waals surface area contributed by atoms with E-state index in [2.05, 4.69) is 5.32 Å². The number of aliphatic hydroxyl groups is 1. The van der Waals surface area contributed by atoms with E-state index in [-0.39, 0.29) is 18.6 Å². The summed E-state index contributed by atoms with van der Waals surface area (Å²) in [5.41, 5.74) is 2.21. The predicted molar refractivity (Wildman–Crippen MR) is 63.5 cm³/mol. The first-order valence-corrected chi connectivity index (χ1v) is 5.87. The van der Waals surface area contributed by atoms with Gasteiger partial charge in [-0.1, -0.05) is 24.3 Å². The van der Waals surface area contributed by atoms with Crippen LogP contribution in [-0.4, -0.2) is 30.3 Å². The second kappa shape index (κ2) is 5.29. The van der Waals surface area contributed by atoms with Gasteiger partial charge in [-0.25, -0.2) is 0 Å². The lowest BCUT2D eigenvalue weighted by atomic mass is 10.1. The molecular weight excluding hydrogens is 218 g/mol. The lowest BCUT2D eigenvalue weighted by Crippen LogP contribution is -2.33. The van der Waals surface area contributed by atoms with Crippen LogP contribution in [0.1, 0.15) is 24.1 Å². The molecule has 0 saturated heterocycles. The van der Waals surface area contributed by atoms with Crippen LogP contribution in [0, 0.1) is 0 Å². The Hall–Kier alpha value is -1.39. The number of aliphatic hydroxyl groups excluding tert-OH is 1. The Balaban J connectivity index is 1.99. The van der Waals surface area contributed by atoms with E-state index < -0.39 is 6.10 Å². The van der Waals surface area contributed by atoms with E-state index in [0.29, 0.717) is 13.0 Å². The van der Waals surface area contributed by atoms with Gasteiger partial charge < -0.3 is 9.84 Å². The summed E-state index contributed by atoms with van der Waals surface area (Å²) < 4.78 is 4.84. The van der Waals surface area contributed by atoms with Gasteiger partial charge in [0.25, 0.3) is 0 Å². The molecule has 2 rings (SSSR count). The van der Waals surface area contributed by atoms with Gasteiger partial charge in [0.1, 0.15) is 0 Å². The first kappa shape index (κ1) is 12.1. The van der Waals surface area contributed by atoms with Crippen molar-refractivity contribution in [3.05, 3.63) is 35.4 Å². The molecule has 4 heteroatoms. The van der Waals surface area contributed by atoms with E-state index in [0.717, 1.165) is 11.1 Å². The maximum Gasteiger partial charge on any atom is 0.319 e. The number of carbonyl (C=O) groups excluding carboxylic acids is 1. The lowest BCUT2D eigenvalue weighted by molar-refractivity contribution is -0.142. The van der Waals surface area contributed by atoms with Crippen molar-refractivity contribution in [3.63, 3.8) is 0 Å². The molecule has 2 N–H and O–H groups in total. The number of fused-ring (bicyclic) bond motifs is 1. The number of hydrogen-bond donors (Lipinski definition) is 2. The Morgan fingerprint density at radius 1 is 1.53 bits per heavy atom. The summed E-state index contributed by atoms with van der Waals surface area (Å²) in [5, 5.41) is 13.0. The largest absolute Gasteiger partial charge is 0.465 e. The Morgan fingerprint density at radius 2 is 2.29 bits per heavy atom. The number of esters is 1. The molecule has 0 aliphatic heterocycles. The summed E-state index contributed by atoms with van der Waals surface area (Å²) in [6.07, 6.45) is 0.165. The molecule has 4 nitrogen and oxygen atoms in total. The smallest absolute Gasteiger partial charge is 0.319 e. The van der Waals surface area contributed by atoms with Crippen LogP contribution >= 0.6 is 0 Å². The third kappa shape index (κ3) is 2.65. The number of benzene rings is 1. The fourth-order valence-corrected chi connectivity index (χ4v) is 2.23. The zero-order valence-electron chi connectivity index (χ0n) is 9.85. The molecule has 0 unspecified atom stereocenters. The summed E-state index contributed by atoms with van der Waals surface area (Å²) in [6, 6.07) is 7.71. The summed E-state index contributed by atoms with van der Waals surface area (Å²) in [4.78, 5) is 11.3. The molecule has 1 aliphatic rings. The molecule has 1 aromatic rings. The SMILES string of the molecule is CCOC(=O)CN[C@H]1c2ccccc2C[C@@H]1O.